The molecule has 0 saturated heterocycles. The molecule has 0 bridgehead atoms. The molecule has 40 heavy (non-hydrogen) atoms. The number of anilines is 1. The van der Waals surface area contributed by atoms with Crippen molar-refractivity contribution in [3.05, 3.63) is 99.8 Å². The van der Waals surface area contributed by atoms with Crippen molar-refractivity contribution in [1.82, 2.24) is 10.2 Å². The second kappa shape index (κ2) is 14.0. The van der Waals surface area contributed by atoms with Crippen molar-refractivity contribution in [3.63, 3.8) is 0 Å². The van der Waals surface area contributed by atoms with Crippen LogP contribution >= 0.6 is 23.2 Å². The highest BCUT2D eigenvalue weighted by Gasteiger charge is 2.34. The quantitative estimate of drug-likeness (QED) is 0.296. The first-order valence-corrected chi connectivity index (χ1v) is 15.3. The largest absolute Gasteiger partial charge is 0.352 e. The molecule has 3 aromatic carbocycles. The van der Waals surface area contributed by atoms with Gasteiger partial charge in [0.1, 0.15) is 18.4 Å². The number of hydrogen-bond acceptors (Lipinski definition) is 4. The van der Waals surface area contributed by atoms with E-state index in [1.54, 1.807) is 18.2 Å². The summed E-state index contributed by atoms with van der Waals surface area (Å²) in [4.78, 5) is 29.0. The number of hydrogen-bond donors (Lipinski definition) is 1. The van der Waals surface area contributed by atoms with E-state index in [9.17, 15) is 22.4 Å². The van der Waals surface area contributed by atoms with Crippen molar-refractivity contribution in [3.8, 4) is 0 Å². The van der Waals surface area contributed by atoms with E-state index in [0.717, 1.165) is 22.2 Å². The van der Waals surface area contributed by atoms with E-state index in [2.05, 4.69) is 5.32 Å². The van der Waals surface area contributed by atoms with Gasteiger partial charge in [-0.15, -0.1) is 0 Å². The highest BCUT2D eigenvalue weighted by atomic mass is 35.5. The van der Waals surface area contributed by atoms with Gasteiger partial charge in [0.15, 0.2) is 0 Å². The molecule has 0 aliphatic heterocycles. The van der Waals surface area contributed by atoms with Gasteiger partial charge in [-0.2, -0.15) is 0 Å². The SMILES string of the molecule is CCC(C)NC(=O)C(Cc1ccccc1)N(Cc1c(Cl)cccc1Cl)C(=O)CN(c1cccc(F)c1)S(C)(=O)=O. The third-order valence-corrected chi connectivity index (χ3v) is 8.29. The second-order valence-corrected chi connectivity index (χ2v) is 12.2. The van der Waals surface area contributed by atoms with Crippen molar-refractivity contribution in [2.75, 3.05) is 17.1 Å². The van der Waals surface area contributed by atoms with Crippen LogP contribution < -0.4 is 9.62 Å². The summed E-state index contributed by atoms with van der Waals surface area (Å²) < 4.78 is 40.3. The first kappa shape index (κ1) is 31.4. The van der Waals surface area contributed by atoms with E-state index in [0.29, 0.717) is 12.0 Å². The maximum Gasteiger partial charge on any atom is 0.244 e. The molecule has 0 spiro atoms. The van der Waals surface area contributed by atoms with Crippen LogP contribution in [0, 0.1) is 5.82 Å². The van der Waals surface area contributed by atoms with Gasteiger partial charge in [0, 0.05) is 34.6 Å². The molecule has 11 heteroatoms. The Morgan fingerprint density at radius 3 is 2.17 bits per heavy atom. The number of nitrogens with zero attached hydrogens (tertiary/aromatic N) is 2. The van der Waals surface area contributed by atoms with Crippen molar-refractivity contribution in [2.45, 2.75) is 45.3 Å². The number of nitrogens with one attached hydrogen (secondary N) is 1. The fourth-order valence-electron chi connectivity index (χ4n) is 4.09. The van der Waals surface area contributed by atoms with E-state index in [1.165, 1.54) is 23.1 Å². The number of rotatable bonds is 12. The Balaban J connectivity index is 2.11. The summed E-state index contributed by atoms with van der Waals surface area (Å²) >= 11 is 12.9. The topological polar surface area (TPSA) is 86.8 Å². The normalized spacial score (nSPS) is 12.8. The lowest BCUT2D eigenvalue weighted by atomic mass is 10.0. The maximum atomic E-state index is 14.0. The first-order valence-electron chi connectivity index (χ1n) is 12.7. The van der Waals surface area contributed by atoms with Crippen molar-refractivity contribution in [1.29, 1.82) is 0 Å². The zero-order chi connectivity index (χ0) is 29.4. The molecule has 7 nitrogen and oxygen atoms in total. The van der Waals surface area contributed by atoms with Crippen LogP contribution in [0.25, 0.3) is 0 Å². The van der Waals surface area contributed by atoms with Gasteiger partial charge in [-0.3, -0.25) is 13.9 Å². The molecular weight excluding hydrogens is 576 g/mol. The predicted molar refractivity (Wildman–Crippen MR) is 157 cm³/mol. The summed E-state index contributed by atoms with van der Waals surface area (Å²) in [5.41, 5.74) is 1.18. The molecule has 1 N–H and O–H groups in total. The van der Waals surface area contributed by atoms with Crippen LogP contribution in [0.2, 0.25) is 10.0 Å². The maximum absolute atomic E-state index is 14.0. The van der Waals surface area contributed by atoms with E-state index < -0.39 is 40.2 Å². The molecule has 0 heterocycles. The third kappa shape index (κ3) is 8.43. The average Bonchev–Trinajstić information content (AvgIpc) is 2.90. The lowest BCUT2D eigenvalue weighted by molar-refractivity contribution is -0.140. The molecular formula is C29H32Cl2FN3O4S. The Morgan fingerprint density at radius 1 is 0.975 bits per heavy atom. The van der Waals surface area contributed by atoms with Gasteiger partial charge in [0.05, 0.1) is 11.9 Å². The van der Waals surface area contributed by atoms with Gasteiger partial charge in [0.2, 0.25) is 21.8 Å². The third-order valence-electron chi connectivity index (χ3n) is 6.44. The smallest absolute Gasteiger partial charge is 0.244 e. The van der Waals surface area contributed by atoms with Crippen LogP contribution in [0.15, 0.2) is 72.8 Å². The Bertz CT molecular complexity index is 1420. The second-order valence-electron chi connectivity index (χ2n) is 9.49. The Labute approximate surface area is 244 Å². The number of amides is 2. The molecule has 2 unspecified atom stereocenters. The van der Waals surface area contributed by atoms with Crippen LogP contribution in [0.5, 0.6) is 0 Å². The molecule has 0 saturated carbocycles. The minimum absolute atomic E-state index is 0.0183. The van der Waals surface area contributed by atoms with Gasteiger partial charge < -0.3 is 10.2 Å². The predicted octanol–water partition coefficient (Wildman–Crippen LogP) is 5.45. The van der Waals surface area contributed by atoms with Crippen LogP contribution in [0.4, 0.5) is 10.1 Å². The molecule has 2 amide bonds. The van der Waals surface area contributed by atoms with Gasteiger partial charge in [0.25, 0.3) is 0 Å². The van der Waals surface area contributed by atoms with Crippen LogP contribution in [-0.2, 0) is 32.6 Å². The molecule has 0 radical (unpaired) electrons. The number of halogens is 3. The van der Waals surface area contributed by atoms with Gasteiger partial charge in [-0.05, 0) is 49.2 Å². The molecule has 3 aromatic rings. The lowest BCUT2D eigenvalue weighted by Gasteiger charge is -2.34. The van der Waals surface area contributed by atoms with Gasteiger partial charge >= 0.3 is 0 Å². The number of carbonyl (C=O) groups is 2. The minimum atomic E-state index is -4.01. The zero-order valence-corrected chi connectivity index (χ0v) is 24.8. The highest BCUT2D eigenvalue weighted by Crippen LogP contribution is 2.28. The summed E-state index contributed by atoms with van der Waals surface area (Å²) in [6.45, 7) is 2.94. The van der Waals surface area contributed by atoms with Crippen LogP contribution in [0.1, 0.15) is 31.4 Å². The molecule has 0 aliphatic carbocycles. The molecule has 214 valence electrons. The molecule has 3 rings (SSSR count). The molecule has 0 aromatic heterocycles. The summed E-state index contributed by atoms with van der Waals surface area (Å²) in [6.07, 6.45) is 1.74. The van der Waals surface area contributed by atoms with Crippen molar-refractivity contribution < 1.29 is 22.4 Å². The first-order chi connectivity index (χ1) is 18.9. The minimum Gasteiger partial charge on any atom is -0.352 e. The number of sulfonamides is 1. The lowest BCUT2D eigenvalue weighted by Crippen LogP contribution is -2.54. The Morgan fingerprint density at radius 2 is 1.60 bits per heavy atom. The average molecular weight is 609 g/mol. The van der Waals surface area contributed by atoms with E-state index in [4.69, 9.17) is 23.2 Å². The molecule has 2 atom stereocenters. The monoisotopic (exact) mass is 607 g/mol. The van der Waals surface area contributed by atoms with Crippen LogP contribution in [0.3, 0.4) is 0 Å². The van der Waals surface area contributed by atoms with Crippen molar-refractivity contribution in [2.24, 2.45) is 0 Å². The zero-order valence-electron chi connectivity index (χ0n) is 22.5. The molecule has 0 fully saturated rings. The number of benzene rings is 3. The van der Waals surface area contributed by atoms with Crippen molar-refractivity contribution >= 4 is 50.7 Å². The summed E-state index contributed by atoms with van der Waals surface area (Å²) in [7, 11) is -4.01. The summed E-state index contributed by atoms with van der Waals surface area (Å²) in [5, 5.41) is 3.52. The van der Waals surface area contributed by atoms with Gasteiger partial charge in [-0.25, -0.2) is 12.8 Å². The fourth-order valence-corrected chi connectivity index (χ4v) is 5.45. The van der Waals surface area contributed by atoms with Gasteiger partial charge in [-0.1, -0.05) is 72.6 Å². The Hall–Kier alpha value is -3.14. The molecule has 0 aliphatic rings. The number of carbonyl (C=O) groups excluding carboxylic acids is 2. The van der Waals surface area contributed by atoms with Crippen LogP contribution in [-0.4, -0.2) is 50.0 Å². The van der Waals surface area contributed by atoms with E-state index >= 15 is 0 Å². The van der Waals surface area contributed by atoms with E-state index in [1.807, 2.05) is 44.2 Å². The summed E-state index contributed by atoms with van der Waals surface area (Å²) in [5.74, 6) is -1.76. The fraction of sp³-hybridized carbons (Fsp3) is 0.310. The standard InChI is InChI=1S/C29H32Cl2FN3O4S/c1-4-20(2)33-29(37)27(16-21-10-6-5-7-11-21)34(18-24-25(30)14-9-15-26(24)31)28(36)19-35(40(3,38)39)23-13-8-12-22(32)17-23/h5-15,17,20,27H,4,16,18-19H2,1-3H3,(H,33,37). The summed E-state index contributed by atoms with van der Waals surface area (Å²) in [6, 6.07) is 17.8. The highest BCUT2D eigenvalue weighted by molar-refractivity contribution is 7.92. The Kier molecular flexibility index (Phi) is 11.0. The van der Waals surface area contributed by atoms with E-state index in [-0.39, 0.29) is 34.7 Å².